The van der Waals surface area contributed by atoms with E-state index >= 15 is 0 Å². The molecule has 0 bridgehead atoms. The summed E-state index contributed by atoms with van der Waals surface area (Å²) in [5, 5.41) is 11.3. The molecule has 7 heteroatoms. The minimum absolute atomic E-state index is 0.105. The molecule has 1 aromatic carbocycles. The first-order chi connectivity index (χ1) is 13.1. The van der Waals surface area contributed by atoms with Crippen molar-refractivity contribution in [1.82, 2.24) is 20.4 Å². The van der Waals surface area contributed by atoms with Gasteiger partial charge in [0, 0.05) is 25.9 Å². The lowest BCUT2D eigenvalue weighted by Gasteiger charge is -2.24. The molecule has 27 heavy (non-hydrogen) atoms. The van der Waals surface area contributed by atoms with Crippen LogP contribution in [0.25, 0.3) is 5.69 Å². The number of aliphatic imine (C=N–C) groups is 1. The van der Waals surface area contributed by atoms with Gasteiger partial charge in [0.25, 0.3) is 0 Å². The molecule has 1 atom stereocenters. The molecular weight excluding hydrogens is 342 g/mol. The molecular formula is C20H29N5O2. The van der Waals surface area contributed by atoms with Crippen LogP contribution >= 0.6 is 0 Å². The monoisotopic (exact) mass is 371 g/mol. The van der Waals surface area contributed by atoms with Crippen molar-refractivity contribution in [1.29, 1.82) is 0 Å². The number of nitrogens with one attached hydrogen (secondary N) is 2. The molecule has 146 valence electrons. The van der Waals surface area contributed by atoms with Gasteiger partial charge in [0.2, 0.25) is 0 Å². The van der Waals surface area contributed by atoms with Gasteiger partial charge in [-0.15, -0.1) is 0 Å². The van der Waals surface area contributed by atoms with Crippen LogP contribution in [0.1, 0.15) is 32.4 Å². The number of rotatable bonds is 7. The van der Waals surface area contributed by atoms with Crippen molar-refractivity contribution in [2.75, 3.05) is 26.8 Å². The first-order valence-electron chi connectivity index (χ1n) is 9.47. The summed E-state index contributed by atoms with van der Waals surface area (Å²) in [6.45, 7) is 7.12. The Morgan fingerprint density at radius 2 is 2.11 bits per heavy atom. The number of aromatic nitrogens is 2. The minimum atomic E-state index is -0.105. The van der Waals surface area contributed by atoms with Gasteiger partial charge in [0.15, 0.2) is 5.96 Å². The third kappa shape index (κ3) is 5.23. The van der Waals surface area contributed by atoms with Gasteiger partial charge >= 0.3 is 0 Å². The van der Waals surface area contributed by atoms with E-state index in [-0.39, 0.29) is 5.60 Å². The van der Waals surface area contributed by atoms with Crippen LogP contribution in [-0.4, -0.2) is 48.1 Å². The van der Waals surface area contributed by atoms with E-state index in [0.29, 0.717) is 6.54 Å². The molecule has 1 aliphatic rings. The van der Waals surface area contributed by atoms with Gasteiger partial charge in [0.05, 0.1) is 30.6 Å². The Bertz CT molecular complexity index is 748. The molecule has 1 saturated heterocycles. The highest BCUT2D eigenvalue weighted by atomic mass is 16.5. The first-order valence-corrected chi connectivity index (χ1v) is 9.47. The maximum Gasteiger partial charge on any atom is 0.191 e. The van der Waals surface area contributed by atoms with Crippen molar-refractivity contribution >= 4 is 5.96 Å². The fraction of sp³-hybridized carbons (Fsp3) is 0.500. The zero-order valence-electron chi connectivity index (χ0n) is 16.4. The zero-order valence-corrected chi connectivity index (χ0v) is 16.4. The fourth-order valence-electron chi connectivity index (χ4n) is 3.07. The molecule has 0 aliphatic carbocycles. The van der Waals surface area contributed by atoms with Gasteiger partial charge in [-0.1, -0.05) is 0 Å². The summed E-state index contributed by atoms with van der Waals surface area (Å²) in [5.41, 5.74) is 1.79. The van der Waals surface area contributed by atoms with Gasteiger partial charge < -0.3 is 20.1 Å². The highest BCUT2D eigenvalue weighted by molar-refractivity contribution is 5.79. The molecule has 1 unspecified atom stereocenters. The molecule has 7 nitrogen and oxygen atoms in total. The van der Waals surface area contributed by atoms with E-state index in [1.165, 1.54) is 0 Å². The minimum Gasteiger partial charge on any atom is -0.497 e. The number of methoxy groups -OCH3 is 1. The van der Waals surface area contributed by atoms with Crippen molar-refractivity contribution in [2.45, 2.75) is 38.8 Å². The summed E-state index contributed by atoms with van der Waals surface area (Å²) in [6, 6.07) is 9.79. The summed E-state index contributed by atoms with van der Waals surface area (Å²) < 4.78 is 12.9. The highest BCUT2D eigenvalue weighted by Crippen LogP contribution is 2.23. The van der Waals surface area contributed by atoms with Gasteiger partial charge in [-0.05, 0) is 57.0 Å². The number of guanidine groups is 1. The van der Waals surface area contributed by atoms with Crippen molar-refractivity contribution in [3.8, 4) is 11.4 Å². The van der Waals surface area contributed by atoms with Crippen LogP contribution in [0.2, 0.25) is 0 Å². The molecule has 2 aromatic rings. The average molecular weight is 371 g/mol. The summed E-state index contributed by atoms with van der Waals surface area (Å²) in [7, 11) is 1.66. The second-order valence-corrected chi connectivity index (χ2v) is 6.90. The van der Waals surface area contributed by atoms with Gasteiger partial charge in [0.1, 0.15) is 5.75 Å². The maximum atomic E-state index is 5.83. The quantitative estimate of drug-likeness (QED) is 0.578. The Morgan fingerprint density at radius 1 is 1.30 bits per heavy atom. The SMILES string of the molecule is CCNC(=NCc1ccn(-c2ccc(OC)cc2)n1)NCC1(C)CCCO1. The summed E-state index contributed by atoms with van der Waals surface area (Å²) in [6.07, 6.45) is 4.14. The molecule has 0 radical (unpaired) electrons. The Balaban J connectivity index is 1.61. The lowest BCUT2D eigenvalue weighted by molar-refractivity contribution is 0.0243. The van der Waals surface area contributed by atoms with Crippen molar-refractivity contribution < 1.29 is 9.47 Å². The van der Waals surface area contributed by atoms with Gasteiger partial charge in [-0.3, -0.25) is 0 Å². The molecule has 0 amide bonds. The largest absolute Gasteiger partial charge is 0.497 e. The topological polar surface area (TPSA) is 72.7 Å². The van der Waals surface area contributed by atoms with Crippen LogP contribution in [-0.2, 0) is 11.3 Å². The third-order valence-corrected chi connectivity index (χ3v) is 4.65. The fourth-order valence-corrected chi connectivity index (χ4v) is 3.07. The van der Waals surface area contributed by atoms with Crippen molar-refractivity contribution in [2.24, 2.45) is 4.99 Å². The molecule has 1 fully saturated rings. The van der Waals surface area contributed by atoms with Crippen LogP contribution in [0.15, 0.2) is 41.5 Å². The number of benzene rings is 1. The van der Waals surface area contributed by atoms with E-state index in [0.717, 1.165) is 55.6 Å². The lowest BCUT2D eigenvalue weighted by atomic mass is 10.0. The van der Waals surface area contributed by atoms with Crippen molar-refractivity contribution in [3.63, 3.8) is 0 Å². The van der Waals surface area contributed by atoms with E-state index in [1.54, 1.807) is 7.11 Å². The van der Waals surface area contributed by atoms with Crippen molar-refractivity contribution in [3.05, 3.63) is 42.2 Å². The Hall–Kier alpha value is -2.54. The Labute approximate surface area is 160 Å². The second kappa shape index (κ2) is 8.90. The highest BCUT2D eigenvalue weighted by Gasteiger charge is 2.29. The number of nitrogens with zero attached hydrogens (tertiary/aromatic N) is 3. The molecule has 3 rings (SSSR count). The Kier molecular flexibility index (Phi) is 6.34. The molecule has 0 saturated carbocycles. The normalized spacial score (nSPS) is 19.9. The second-order valence-electron chi connectivity index (χ2n) is 6.90. The van der Waals surface area contributed by atoms with Crippen LogP contribution in [0, 0.1) is 0 Å². The van der Waals surface area contributed by atoms with Crippen LogP contribution in [0.4, 0.5) is 0 Å². The number of ether oxygens (including phenoxy) is 2. The Morgan fingerprint density at radius 3 is 2.78 bits per heavy atom. The molecule has 2 heterocycles. The van der Waals surface area contributed by atoms with Crippen LogP contribution in [0.3, 0.4) is 0 Å². The smallest absolute Gasteiger partial charge is 0.191 e. The molecule has 1 aliphatic heterocycles. The molecule has 0 spiro atoms. The summed E-state index contributed by atoms with van der Waals surface area (Å²) in [5.74, 6) is 1.62. The third-order valence-electron chi connectivity index (χ3n) is 4.65. The van der Waals surface area contributed by atoms with E-state index < -0.39 is 0 Å². The first kappa shape index (κ1) is 19.2. The maximum absolute atomic E-state index is 5.83. The predicted molar refractivity (Wildman–Crippen MR) is 107 cm³/mol. The van der Waals surface area contributed by atoms with E-state index in [9.17, 15) is 0 Å². The number of hydrogen-bond donors (Lipinski definition) is 2. The van der Waals surface area contributed by atoms with E-state index in [2.05, 4.69) is 34.6 Å². The zero-order chi connectivity index (χ0) is 19.1. The van der Waals surface area contributed by atoms with Crippen LogP contribution < -0.4 is 15.4 Å². The number of hydrogen-bond acceptors (Lipinski definition) is 4. The molecule has 1 aromatic heterocycles. The predicted octanol–water partition coefficient (Wildman–Crippen LogP) is 2.51. The van der Waals surface area contributed by atoms with E-state index in [1.807, 2.05) is 41.2 Å². The van der Waals surface area contributed by atoms with Gasteiger partial charge in [-0.2, -0.15) is 5.10 Å². The molecule has 2 N–H and O–H groups in total. The van der Waals surface area contributed by atoms with E-state index in [4.69, 9.17) is 9.47 Å². The van der Waals surface area contributed by atoms with Gasteiger partial charge in [-0.25, -0.2) is 9.67 Å². The average Bonchev–Trinajstić information content (AvgIpc) is 3.34. The summed E-state index contributed by atoms with van der Waals surface area (Å²) >= 11 is 0. The standard InChI is InChI=1S/C20H29N5O2/c1-4-21-19(23-15-20(2)11-5-13-27-20)22-14-16-10-12-25(24-16)17-6-8-18(26-3)9-7-17/h6-10,12H,4-5,11,13-15H2,1-3H3,(H2,21,22,23). The summed E-state index contributed by atoms with van der Waals surface area (Å²) in [4.78, 5) is 4.65. The van der Waals surface area contributed by atoms with Crippen LogP contribution in [0.5, 0.6) is 5.75 Å². The lowest BCUT2D eigenvalue weighted by Crippen LogP contribution is -2.45.